The first-order valence-corrected chi connectivity index (χ1v) is 11.2. The first kappa shape index (κ1) is 20.6. The van der Waals surface area contributed by atoms with Gasteiger partial charge >= 0.3 is 0 Å². The number of nitrogens with zero attached hydrogens (tertiary/aromatic N) is 2. The second-order valence-electron chi connectivity index (χ2n) is 7.97. The fourth-order valence-corrected chi connectivity index (χ4v) is 5.40. The Bertz CT molecular complexity index is 1150. The van der Waals surface area contributed by atoms with Crippen molar-refractivity contribution in [1.82, 2.24) is 14.9 Å². The number of amides is 1. The molecule has 0 fully saturated rings. The molecule has 0 aliphatic heterocycles. The maximum atomic E-state index is 12.7. The van der Waals surface area contributed by atoms with Crippen LogP contribution in [0.25, 0.3) is 10.2 Å². The second kappa shape index (κ2) is 8.60. The zero-order valence-electron chi connectivity index (χ0n) is 17.7. The molecule has 1 aliphatic rings. The number of benzene rings is 1. The van der Waals surface area contributed by atoms with Gasteiger partial charge in [0.15, 0.2) is 0 Å². The molecule has 30 heavy (non-hydrogen) atoms. The maximum Gasteiger partial charge on any atom is 0.259 e. The summed E-state index contributed by atoms with van der Waals surface area (Å²) in [4.78, 5) is 36.7. The van der Waals surface area contributed by atoms with Crippen molar-refractivity contribution in [3.8, 4) is 5.75 Å². The summed E-state index contributed by atoms with van der Waals surface area (Å²) in [5.41, 5.74) is 3.22. The fourth-order valence-electron chi connectivity index (χ4n) is 4.12. The smallest absolute Gasteiger partial charge is 0.259 e. The number of aryl methyl sites for hydroxylation is 4. The number of nitrogens with one attached hydrogen (secondary N) is 1. The summed E-state index contributed by atoms with van der Waals surface area (Å²) < 4.78 is 5.41. The standard InChI is InChI=1S/C23H27N3O3S/c1-14-8-9-17(29-3)15(12-14)13-26(2)20(27)11-10-19-24-22(28)21-16-6-4-5-7-18(16)30-23(21)25-19/h8-9,12H,4-7,10-11,13H2,1-3H3,(H,24,25,28). The molecule has 0 atom stereocenters. The summed E-state index contributed by atoms with van der Waals surface area (Å²) in [6, 6.07) is 5.95. The predicted molar refractivity (Wildman–Crippen MR) is 119 cm³/mol. The van der Waals surface area contributed by atoms with Gasteiger partial charge in [0.1, 0.15) is 16.4 Å². The molecular formula is C23H27N3O3S. The van der Waals surface area contributed by atoms with Gasteiger partial charge in [0.25, 0.3) is 5.56 Å². The van der Waals surface area contributed by atoms with Crippen molar-refractivity contribution in [2.24, 2.45) is 0 Å². The van der Waals surface area contributed by atoms with Crippen LogP contribution in [0.1, 0.15) is 46.7 Å². The van der Waals surface area contributed by atoms with Crippen LogP contribution in [0.4, 0.5) is 0 Å². The van der Waals surface area contributed by atoms with Crippen LogP contribution in [0.2, 0.25) is 0 Å². The number of thiophene rings is 1. The molecule has 158 valence electrons. The lowest BCUT2D eigenvalue weighted by Crippen LogP contribution is -2.27. The third-order valence-electron chi connectivity index (χ3n) is 5.72. The molecule has 4 rings (SSSR count). The van der Waals surface area contributed by atoms with Crippen molar-refractivity contribution in [3.63, 3.8) is 0 Å². The average Bonchev–Trinajstić information content (AvgIpc) is 3.11. The quantitative estimate of drug-likeness (QED) is 0.652. The number of H-pyrrole nitrogens is 1. The number of methoxy groups -OCH3 is 1. The minimum absolute atomic E-state index is 0.00628. The lowest BCUT2D eigenvalue weighted by atomic mass is 9.97. The molecule has 3 aromatic rings. The first-order chi connectivity index (χ1) is 14.5. The first-order valence-electron chi connectivity index (χ1n) is 10.4. The summed E-state index contributed by atoms with van der Waals surface area (Å²) in [6.07, 6.45) is 5.03. The highest BCUT2D eigenvalue weighted by molar-refractivity contribution is 7.18. The Labute approximate surface area is 179 Å². The summed E-state index contributed by atoms with van der Waals surface area (Å²) in [7, 11) is 3.42. The van der Waals surface area contributed by atoms with E-state index in [0.29, 0.717) is 25.2 Å². The molecule has 0 unspecified atom stereocenters. The van der Waals surface area contributed by atoms with E-state index in [1.165, 1.54) is 16.9 Å². The number of fused-ring (bicyclic) bond motifs is 3. The normalized spacial score (nSPS) is 13.3. The Morgan fingerprint density at radius 3 is 2.90 bits per heavy atom. The Morgan fingerprint density at radius 2 is 2.10 bits per heavy atom. The van der Waals surface area contributed by atoms with Crippen molar-refractivity contribution in [3.05, 3.63) is 55.9 Å². The van der Waals surface area contributed by atoms with Crippen LogP contribution >= 0.6 is 11.3 Å². The van der Waals surface area contributed by atoms with Gasteiger partial charge in [-0.15, -0.1) is 11.3 Å². The number of carbonyl (C=O) groups excluding carboxylic acids is 1. The van der Waals surface area contributed by atoms with Gasteiger partial charge < -0.3 is 14.6 Å². The number of rotatable bonds is 6. The molecular weight excluding hydrogens is 398 g/mol. The molecule has 7 heteroatoms. The molecule has 1 aromatic carbocycles. The van der Waals surface area contributed by atoms with Crippen LogP contribution < -0.4 is 10.3 Å². The third-order valence-corrected chi connectivity index (χ3v) is 6.90. The predicted octanol–water partition coefficient (Wildman–Crippen LogP) is 3.77. The number of aromatic amines is 1. The maximum absolute atomic E-state index is 12.7. The summed E-state index contributed by atoms with van der Waals surface area (Å²) in [5, 5.41) is 0.758. The molecule has 2 aromatic heterocycles. The topological polar surface area (TPSA) is 75.3 Å². The zero-order chi connectivity index (χ0) is 21.3. The lowest BCUT2D eigenvalue weighted by molar-refractivity contribution is -0.130. The van der Waals surface area contributed by atoms with Crippen molar-refractivity contribution < 1.29 is 9.53 Å². The van der Waals surface area contributed by atoms with Crippen molar-refractivity contribution in [2.75, 3.05) is 14.2 Å². The van der Waals surface area contributed by atoms with E-state index in [0.717, 1.165) is 46.4 Å². The second-order valence-corrected chi connectivity index (χ2v) is 9.05. The van der Waals surface area contributed by atoms with E-state index < -0.39 is 0 Å². The molecule has 6 nitrogen and oxygen atoms in total. The van der Waals surface area contributed by atoms with E-state index in [9.17, 15) is 9.59 Å². The van der Waals surface area contributed by atoms with Gasteiger partial charge in [0.05, 0.1) is 12.5 Å². The minimum Gasteiger partial charge on any atom is -0.496 e. The van der Waals surface area contributed by atoms with Gasteiger partial charge in [-0.25, -0.2) is 4.98 Å². The molecule has 0 saturated carbocycles. The van der Waals surface area contributed by atoms with Gasteiger partial charge in [0, 0.05) is 36.9 Å². The van der Waals surface area contributed by atoms with Crippen LogP contribution in [0.15, 0.2) is 23.0 Å². The van der Waals surface area contributed by atoms with Gasteiger partial charge in [0.2, 0.25) is 5.91 Å². The summed E-state index contributed by atoms with van der Waals surface area (Å²) in [5.74, 6) is 1.37. The van der Waals surface area contributed by atoms with Gasteiger partial charge in [-0.05, 0) is 44.2 Å². The third kappa shape index (κ3) is 4.12. The minimum atomic E-state index is -0.0697. The fraction of sp³-hybridized carbons (Fsp3) is 0.435. The Kier molecular flexibility index (Phi) is 5.90. The largest absolute Gasteiger partial charge is 0.496 e. The average molecular weight is 426 g/mol. The van der Waals surface area contributed by atoms with E-state index in [1.54, 1.807) is 30.4 Å². The Hall–Kier alpha value is -2.67. The molecule has 0 bridgehead atoms. The summed E-state index contributed by atoms with van der Waals surface area (Å²) >= 11 is 1.64. The molecule has 1 aliphatic carbocycles. The number of ether oxygens (including phenoxy) is 1. The van der Waals surface area contributed by atoms with Gasteiger partial charge in [-0.2, -0.15) is 0 Å². The highest BCUT2D eigenvalue weighted by atomic mass is 32.1. The monoisotopic (exact) mass is 425 g/mol. The van der Waals surface area contributed by atoms with Crippen LogP contribution in [0, 0.1) is 6.92 Å². The van der Waals surface area contributed by atoms with Crippen molar-refractivity contribution >= 4 is 27.5 Å². The van der Waals surface area contributed by atoms with E-state index in [4.69, 9.17) is 4.74 Å². The van der Waals surface area contributed by atoms with Crippen LogP contribution in [0.5, 0.6) is 5.75 Å². The SMILES string of the molecule is COc1ccc(C)cc1CN(C)C(=O)CCc1nc2sc3c(c2c(=O)[nH]1)CCCC3. The van der Waals surface area contributed by atoms with Gasteiger partial charge in [-0.3, -0.25) is 9.59 Å². The lowest BCUT2D eigenvalue weighted by Gasteiger charge is -2.19. The molecule has 0 saturated heterocycles. The van der Waals surface area contributed by atoms with Crippen LogP contribution in [0.3, 0.4) is 0 Å². The van der Waals surface area contributed by atoms with Crippen LogP contribution in [-0.2, 0) is 30.6 Å². The number of hydrogen-bond acceptors (Lipinski definition) is 5. The van der Waals surface area contributed by atoms with E-state index in [2.05, 4.69) is 9.97 Å². The highest BCUT2D eigenvalue weighted by Crippen LogP contribution is 2.33. The Morgan fingerprint density at radius 1 is 1.30 bits per heavy atom. The van der Waals surface area contributed by atoms with Crippen molar-refractivity contribution in [2.45, 2.75) is 52.0 Å². The molecule has 0 spiro atoms. The molecule has 1 N–H and O–H groups in total. The van der Waals surface area contributed by atoms with E-state index in [-0.39, 0.29) is 11.5 Å². The highest BCUT2D eigenvalue weighted by Gasteiger charge is 2.20. The number of hydrogen-bond donors (Lipinski definition) is 1. The zero-order valence-corrected chi connectivity index (χ0v) is 18.5. The number of aromatic nitrogens is 2. The van der Waals surface area contributed by atoms with Crippen LogP contribution in [-0.4, -0.2) is 34.9 Å². The summed E-state index contributed by atoms with van der Waals surface area (Å²) in [6.45, 7) is 2.50. The molecule has 2 heterocycles. The van der Waals surface area contributed by atoms with Gasteiger partial charge in [-0.1, -0.05) is 17.7 Å². The molecule has 0 radical (unpaired) electrons. The molecule has 1 amide bonds. The number of carbonyl (C=O) groups is 1. The van der Waals surface area contributed by atoms with Crippen molar-refractivity contribution in [1.29, 1.82) is 0 Å². The van der Waals surface area contributed by atoms with E-state index in [1.807, 2.05) is 25.1 Å². The van der Waals surface area contributed by atoms with E-state index >= 15 is 0 Å². The Balaban J connectivity index is 1.45.